The standard InChI is InChI=1S/C20H21N5O2S/c1-13-5-3-8-17(14(13)2)25-10-9-22-20(25)28-12-18(26)23-15-6-4-7-16(11-15)24-19(21)27/h3-11H,12H2,1-2H3,(H,23,26)(H3,21,24,27). The average molecular weight is 395 g/mol. The fraction of sp³-hybridized carbons (Fsp3) is 0.150. The lowest BCUT2D eigenvalue weighted by Gasteiger charge is -2.12. The van der Waals surface area contributed by atoms with Crippen molar-refractivity contribution in [1.82, 2.24) is 9.55 Å². The first-order chi connectivity index (χ1) is 13.4. The predicted octanol–water partition coefficient (Wildman–Crippen LogP) is 3.71. The van der Waals surface area contributed by atoms with Crippen molar-refractivity contribution in [3.8, 4) is 5.69 Å². The van der Waals surface area contributed by atoms with Crippen molar-refractivity contribution in [3.63, 3.8) is 0 Å². The van der Waals surface area contributed by atoms with E-state index in [4.69, 9.17) is 5.73 Å². The van der Waals surface area contributed by atoms with Gasteiger partial charge in [0.2, 0.25) is 5.91 Å². The zero-order chi connectivity index (χ0) is 20.1. The topological polar surface area (TPSA) is 102 Å². The van der Waals surface area contributed by atoms with Gasteiger partial charge in [-0.1, -0.05) is 30.0 Å². The summed E-state index contributed by atoms with van der Waals surface area (Å²) in [6, 6.07) is 12.2. The molecule has 8 heteroatoms. The molecule has 0 aliphatic carbocycles. The number of nitrogens with two attached hydrogens (primary N) is 1. The average Bonchev–Trinajstić information content (AvgIpc) is 3.10. The number of carbonyl (C=O) groups is 2. The number of aryl methyl sites for hydroxylation is 1. The lowest BCUT2D eigenvalue weighted by atomic mass is 10.1. The second-order valence-electron chi connectivity index (χ2n) is 6.21. The van der Waals surface area contributed by atoms with Crippen LogP contribution >= 0.6 is 11.8 Å². The van der Waals surface area contributed by atoms with Gasteiger partial charge in [0.1, 0.15) is 0 Å². The minimum Gasteiger partial charge on any atom is -0.351 e. The minimum atomic E-state index is -0.655. The van der Waals surface area contributed by atoms with Crippen molar-refractivity contribution in [2.45, 2.75) is 19.0 Å². The van der Waals surface area contributed by atoms with Crippen LogP contribution in [0.3, 0.4) is 0 Å². The molecule has 0 aliphatic heterocycles. The van der Waals surface area contributed by atoms with E-state index in [1.54, 1.807) is 30.5 Å². The molecule has 0 radical (unpaired) electrons. The Labute approximate surface area is 167 Å². The number of primary amides is 1. The second kappa shape index (κ2) is 8.62. The summed E-state index contributed by atoms with van der Waals surface area (Å²) in [5.41, 5.74) is 9.62. The number of thioether (sulfide) groups is 1. The third-order valence-corrected chi connectivity index (χ3v) is 5.16. The summed E-state index contributed by atoms with van der Waals surface area (Å²) in [7, 11) is 0. The van der Waals surface area contributed by atoms with Crippen LogP contribution in [0, 0.1) is 13.8 Å². The van der Waals surface area contributed by atoms with Crippen LogP contribution in [0.5, 0.6) is 0 Å². The van der Waals surface area contributed by atoms with E-state index in [-0.39, 0.29) is 11.7 Å². The van der Waals surface area contributed by atoms with Crippen molar-refractivity contribution < 1.29 is 9.59 Å². The zero-order valence-electron chi connectivity index (χ0n) is 15.6. The largest absolute Gasteiger partial charge is 0.351 e. The van der Waals surface area contributed by atoms with Crippen LogP contribution in [0.1, 0.15) is 11.1 Å². The van der Waals surface area contributed by atoms with E-state index in [9.17, 15) is 9.59 Å². The zero-order valence-corrected chi connectivity index (χ0v) is 16.4. The van der Waals surface area contributed by atoms with Gasteiger partial charge in [-0.05, 0) is 49.2 Å². The molecule has 0 fully saturated rings. The molecule has 0 saturated heterocycles. The molecule has 0 spiro atoms. The number of imidazole rings is 1. The molecular weight excluding hydrogens is 374 g/mol. The SMILES string of the molecule is Cc1cccc(-n2ccnc2SCC(=O)Nc2cccc(NC(N)=O)c2)c1C. The normalized spacial score (nSPS) is 10.5. The molecule has 3 rings (SSSR count). The number of carbonyl (C=O) groups excluding carboxylic acids is 2. The van der Waals surface area contributed by atoms with Crippen molar-refractivity contribution in [1.29, 1.82) is 0 Å². The number of nitrogens with zero attached hydrogens (tertiary/aromatic N) is 2. The number of nitrogens with one attached hydrogen (secondary N) is 2. The van der Waals surface area contributed by atoms with Gasteiger partial charge in [0.15, 0.2) is 5.16 Å². The molecular formula is C20H21N5O2S. The second-order valence-corrected chi connectivity index (χ2v) is 7.15. The van der Waals surface area contributed by atoms with Gasteiger partial charge in [-0.3, -0.25) is 9.36 Å². The first-order valence-corrected chi connectivity index (χ1v) is 9.61. The van der Waals surface area contributed by atoms with Gasteiger partial charge >= 0.3 is 6.03 Å². The number of hydrogen-bond donors (Lipinski definition) is 3. The fourth-order valence-electron chi connectivity index (χ4n) is 2.72. The van der Waals surface area contributed by atoms with E-state index >= 15 is 0 Å². The summed E-state index contributed by atoms with van der Waals surface area (Å²) >= 11 is 1.36. The Kier molecular flexibility index (Phi) is 6.00. The van der Waals surface area contributed by atoms with Gasteiger partial charge in [-0.25, -0.2) is 9.78 Å². The molecule has 144 valence electrons. The van der Waals surface area contributed by atoms with Gasteiger partial charge in [-0.2, -0.15) is 0 Å². The highest BCUT2D eigenvalue weighted by Gasteiger charge is 2.12. The maximum absolute atomic E-state index is 12.3. The Morgan fingerprint density at radius 3 is 2.57 bits per heavy atom. The van der Waals surface area contributed by atoms with Crippen LogP contribution in [0.2, 0.25) is 0 Å². The number of amides is 3. The molecule has 7 nitrogen and oxygen atoms in total. The Hall–Kier alpha value is -3.26. The molecule has 4 N–H and O–H groups in total. The third kappa shape index (κ3) is 4.72. The number of urea groups is 1. The van der Waals surface area contributed by atoms with E-state index in [2.05, 4.69) is 35.5 Å². The molecule has 0 unspecified atom stereocenters. The quantitative estimate of drug-likeness (QED) is 0.554. The van der Waals surface area contributed by atoms with Crippen LogP contribution in [-0.4, -0.2) is 27.2 Å². The smallest absolute Gasteiger partial charge is 0.316 e. The number of hydrogen-bond acceptors (Lipinski definition) is 4. The number of rotatable bonds is 6. The minimum absolute atomic E-state index is 0.170. The van der Waals surface area contributed by atoms with E-state index in [1.807, 2.05) is 22.9 Å². The molecule has 3 aromatic rings. The number of benzene rings is 2. The highest BCUT2D eigenvalue weighted by Crippen LogP contribution is 2.24. The Balaban J connectivity index is 1.66. The summed E-state index contributed by atoms with van der Waals surface area (Å²) in [6.45, 7) is 4.14. The van der Waals surface area contributed by atoms with Crippen LogP contribution < -0.4 is 16.4 Å². The number of anilines is 2. The maximum Gasteiger partial charge on any atom is 0.316 e. The van der Waals surface area contributed by atoms with Gasteiger partial charge in [0.05, 0.1) is 11.4 Å². The van der Waals surface area contributed by atoms with Crippen LogP contribution in [-0.2, 0) is 4.79 Å². The van der Waals surface area contributed by atoms with Crippen molar-refractivity contribution in [2.75, 3.05) is 16.4 Å². The van der Waals surface area contributed by atoms with E-state index in [1.165, 1.54) is 22.9 Å². The van der Waals surface area contributed by atoms with Gasteiger partial charge < -0.3 is 16.4 Å². The molecule has 0 saturated carbocycles. The predicted molar refractivity (Wildman–Crippen MR) is 112 cm³/mol. The fourth-order valence-corrected chi connectivity index (χ4v) is 3.49. The Morgan fingerprint density at radius 2 is 1.82 bits per heavy atom. The van der Waals surface area contributed by atoms with Crippen molar-refractivity contribution in [3.05, 3.63) is 66.0 Å². The Morgan fingerprint density at radius 1 is 1.11 bits per heavy atom. The summed E-state index contributed by atoms with van der Waals surface area (Å²) in [5.74, 6) is 0.0340. The number of aromatic nitrogens is 2. The highest BCUT2D eigenvalue weighted by molar-refractivity contribution is 7.99. The Bertz CT molecular complexity index is 1020. The van der Waals surface area contributed by atoms with E-state index < -0.39 is 6.03 Å². The lowest BCUT2D eigenvalue weighted by Crippen LogP contribution is -2.19. The molecule has 1 heterocycles. The lowest BCUT2D eigenvalue weighted by molar-refractivity contribution is -0.113. The summed E-state index contributed by atoms with van der Waals surface area (Å²) in [6.07, 6.45) is 3.61. The molecule has 0 atom stereocenters. The highest BCUT2D eigenvalue weighted by atomic mass is 32.2. The van der Waals surface area contributed by atoms with E-state index in [0.29, 0.717) is 11.4 Å². The van der Waals surface area contributed by atoms with Gasteiger partial charge in [-0.15, -0.1) is 0 Å². The first kappa shape index (κ1) is 19.5. The summed E-state index contributed by atoms with van der Waals surface area (Å²) in [4.78, 5) is 27.6. The van der Waals surface area contributed by atoms with E-state index in [0.717, 1.165) is 10.8 Å². The van der Waals surface area contributed by atoms with Crippen LogP contribution in [0.15, 0.2) is 60.0 Å². The molecule has 0 aliphatic rings. The molecule has 2 aromatic carbocycles. The molecule has 1 aromatic heterocycles. The van der Waals surface area contributed by atoms with Crippen LogP contribution in [0.4, 0.5) is 16.2 Å². The monoisotopic (exact) mass is 395 g/mol. The summed E-state index contributed by atoms with van der Waals surface area (Å²) in [5, 5.41) is 6.03. The molecule has 28 heavy (non-hydrogen) atoms. The molecule has 3 amide bonds. The van der Waals surface area contributed by atoms with Gasteiger partial charge in [0, 0.05) is 23.8 Å². The first-order valence-electron chi connectivity index (χ1n) is 8.63. The van der Waals surface area contributed by atoms with Crippen molar-refractivity contribution >= 4 is 35.1 Å². The van der Waals surface area contributed by atoms with Crippen LogP contribution in [0.25, 0.3) is 5.69 Å². The summed E-state index contributed by atoms with van der Waals surface area (Å²) < 4.78 is 1.98. The van der Waals surface area contributed by atoms with Crippen molar-refractivity contribution in [2.24, 2.45) is 5.73 Å². The molecule has 0 bridgehead atoms. The third-order valence-electron chi connectivity index (χ3n) is 4.19. The van der Waals surface area contributed by atoms with Gasteiger partial charge in [0.25, 0.3) is 0 Å². The maximum atomic E-state index is 12.3.